The molecule has 0 fully saturated rings. The van der Waals surface area contributed by atoms with Gasteiger partial charge in [0, 0.05) is 12.4 Å². The van der Waals surface area contributed by atoms with E-state index >= 15 is 0 Å². The second-order valence-corrected chi connectivity index (χ2v) is 5.08. The van der Waals surface area contributed by atoms with E-state index in [4.69, 9.17) is 9.47 Å². The van der Waals surface area contributed by atoms with Crippen LogP contribution in [0.2, 0.25) is 0 Å². The number of nitro groups is 1. The largest absolute Gasteiger partial charge is 0.496 e. The van der Waals surface area contributed by atoms with E-state index in [9.17, 15) is 10.1 Å². The van der Waals surface area contributed by atoms with Gasteiger partial charge in [0.15, 0.2) is 5.75 Å². The lowest BCUT2D eigenvalue weighted by atomic mass is 10.3. The van der Waals surface area contributed by atoms with Gasteiger partial charge in [0.05, 0.1) is 23.8 Å². The van der Waals surface area contributed by atoms with Gasteiger partial charge in [0.25, 0.3) is 0 Å². The number of nitrogens with zero attached hydrogens (tertiary/aromatic N) is 3. The number of aryl methyl sites for hydroxylation is 1. The second-order valence-electron chi connectivity index (χ2n) is 5.08. The molecule has 118 valence electrons. The minimum atomic E-state index is -0.495. The Hall–Kier alpha value is -3.09. The number of rotatable bonds is 5. The summed E-state index contributed by atoms with van der Waals surface area (Å²) in [5, 5.41) is 11.1. The van der Waals surface area contributed by atoms with Crippen molar-refractivity contribution >= 4 is 11.3 Å². The Morgan fingerprint density at radius 2 is 2.09 bits per heavy atom. The molecule has 0 N–H and O–H groups in total. The van der Waals surface area contributed by atoms with Gasteiger partial charge in [-0.2, -0.15) is 0 Å². The van der Waals surface area contributed by atoms with Crippen molar-refractivity contribution in [2.75, 3.05) is 7.11 Å². The highest BCUT2D eigenvalue weighted by molar-refractivity contribution is 5.51. The minimum Gasteiger partial charge on any atom is -0.496 e. The number of hydrogen-bond donors (Lipinski definition) is 0. The maximum Gasteiger partial charge on any atom is 0.314 e. The number of aromatic nitrogens is 2. The lowest BCUT2D eigenvalue weighted by molar-refractivity contribution is -0.386. The van der Waals surface area contributed by atoms with Crippen LogP contribution >= 0.6 is 0 Å². The predicted molar refractivity (Wildman–Crippen MR) is 83.9 cm³/mol. The van der Waals surface area contributed by atoms with Crippen molar-refractivity contribution in [1.82, 2.24) is 9.38 Å². The zero-order valence-corrected chi connectivity index (χ0v) is 12.7. The number of fused-ring (bicyclic) bond motifs is 1. The maximum absolute atomic E-state index is 11.1. The van der Waals surface area contributed by atoms with E-state index in [1.807, 2.05) is 35.9 Å². The third-order valence-electron chi connectivity index (χ3n) is 3.39. The fourth-order valence-electron chi connectivity index (χ4n) is 2.27. The van der Waals surface area contributed by atoms with Crippen LogP contribution in [-0.2, 0) is 6.61 Å². The van der Waals surface area contributed by atoms with E-state index in [1.54, 1.807) is 6.07 Å². The molecule has 3 aromatic rings. The topological polar surface area (TPSA) is 78.9 Å². The van der Waals surface area contributed by atoms with E-state index in [-0.39, 0.29) is 18.0 Å². The standard InChI is InChI=1S/C16H15N3O4/c1-11-3-6-16-17-12(9-18(16)8-11)10-23-15-5-4-13(22-2)7-14(15)19(20)21/h3-9H,10H2,1-2H3. The molecule has 7 heteroatoms. The Kier molecular flexibility index (Phi) is 3.84. The molecule has 0 spiro atoms. The quantitative estimate of drug-likeness (QED) is 0.534. The van der Waals surface area contributed by atoms with Gasteiger partial charge in [-0.1, -0.05) is 6.07 Å². The van der Waals surface area contributed by atoms with Crippen molar-refractivity contribution in [1.29, 1.82) is 0 Å². The fourth-order valence-corrected chi connectivity index (χ4v) is 2.27. The average Bonchev–Trinajstić information content (AvgIpc) is 2.94. The van der Waals surface area contributed by atoms with Gasteiger partial charge in [-0.05, 0) is 30.7 Å². The van der Waals surface area contributed by atoms with E-state index in [0.29, 0.717) is 11.4 Å². The number of pyridine rings is 1. The first kappa shape index (κ1) is 14.8. The number of benzene rings is 1. The summed E-state index contributed by atoms with van der Waals surface area (Å²) in [7, 11) is 1.46. The number of methoxy groups -OCH3 is 1. The molecule has 7 nitrogen and oxygen atoms in total. The summed E-state index contributed by atoms with van der Waals surface area (Å²) in [6.45, 7) is 2.14. The molecule has 23 heavy (non-hydrogen) atoms. The number of hydrogen-bond acceptors (Lipinski definition) is 5. The second kappa shape index (κ2) is 5.96. The Balaban J connectivity index is 1.82. The molecule has 2 heterocycles. The summed E-state index contributed by atoms with van der Waals surface area (Å²) in [6.07, 6.45) is 3.80. The van der Waals surface area contributed by atoms with Crippen molar-refractivity contribution in [3.8, 4) is 11.5 Å². The molecule has 0 aliphatic carbocycles. The van der Waals surface area contributed by atoms with Gasteiger partial charge in [-0.25, -0.2) is 4.98 Å². The lowest BCUT2D eigenvalue weighted by Gasteiger charge is -2.06. The van der Waals surface area contributed by atoms with Crippen LogP contribution in [0.15, 0.2) is 42.7 Å². The van der Waals surface area contributed by atoms with Gasteiger partial charge in [0.1, 0.15) is 18.0 Å². The van der Waals surface area contributed by atoms with Crippen molar-refractivity contribution < 1.29 is 14.4 Å². The predicted octanol–water partition coefficient (Wildman–Crippen LogP) is 3.14. The molecule has 0 radical (unpaired) electrons. The van der Waals surface area contributed by atoms with Crippen molar-refractivity contribution in [3.05, 3.63) is 64.1 Å². The van der Waals surface area contributed by atoms with Gasteiger partial charge < -0.3 is 13.9 Å². The molecule has 0 atom stereocenters. The van der Waals surface area contributed by atoms with E-state index in [0.717, 1.165) is 11.2 Å². The summed E-state index contributed by atoms with van der Waals surface area (Å²) in [5.41, 5.74) is 2.48. The molecule has 0 amide bonds. The summed E-state index contributed by atoms with van der Waals surface area (Å²) in [5.74, 6) is 0.594. The van der Waals surface area contributed by atoms with E-state index in [1.165, 1.54) is 19.2 Å². The van der Waals surface area contributed by atoms with Gasteiger partial charge in [-0.15, -0.1) is 0 Å². The Bertz CT molecular complexity index is 873. The third kappa shape index (κ3) is 3.08. The highest BCUT2D eigenvalue weighted by Gasteiger charge is 2.17. The Morgan fingerprint density at radius 3 is 2.83 bits per heavy atom. The average molecular weight is 313 g/mol. The van der Waals surface area contributed by atoms with E-state index in [2.05, 4.69) is 4.98 Å². The van der Waals surface area contributed by atoms with Gasteiger partial charge in [-0.3, -0.25) is 10.1 Å². The highest BCUT2D eigenvalue weighted by atomic mass is 16.6. The van der Waals surface area contributed by atoms with E-state index < -0.39 is 4.92 Å². The van der Waals surface area contributed by atoms with Crippen molar-refractivity contribution in [2.24, 2.45) is 0 Å². The zero-order valence-electron chi connectivity index (χ0n) is 12.7. The molecule has 3 rings (SSSR count). The molecule has 1 aromatic carbocycles. The minimum absolute atomic E-state index is 0.135. The third-order valence-corrected chi connectivity index (χ3v) is 3.39. The summed E-state index contributed by atoms with van der Waals surface area (Å²) in [6, 6.07) is 8.37. The SMILES string of the molecule is COc1ccc(OCc2cn3cc(C)ccc3n2)c([N+](=O)[O-])c1. The molecule has 0 saturated heterocycles. The molecule has 0 saturated carbocycles. The molecular formula is C16H15N3O4. The van der Waals surface area contributed by atoms with Gasteiger partial charge >= 0.3 is 5.69 Å². The molecule has 0 aliphatic heterocycles. The maximum atomic E-state index is 11.1. The molecule has 0 aliphatic rings. The van der Waals surface area contributed by atoms with Crippen LogP contribution in [0.1, 0.15) is 11.3 Å². The van der Waals surface area contributed by atoms with Crippen molar-refractivity contribution in [3.63, 3.8) is 0 Å². The Morgan fingerprint density at radius 1 is 1.26 bits per heavy atom. The number of nitro benzene ring substituents is 1. The molecule has 0 unspecified atom stereocenters. The Labute approximate surface area is 132 Å². The number of imidazole rings is 1. The van der Waals surface area contributed by atoms with Crippen LogP contribution < -0.4 is 9.47 Å². The molecule has 0 bridgehead atoms. The highest BCUT2D eigenvalue weighted by Crippen LogP contribution is 2.31. The van der Waals surface area contributed by atoms with Crippen molar-refractivity contribution in [2.45, 2.75) is 13.5 Å². The van der Waals surface area contributed by atoms with Crippen LogP contribution in [0.5, 0.6) is 11.5 Å². The molecular weight excluding hydrogens is 298 g/mol. The summed E-state index contributed by atoms with van der Waals surface area (Å²) in [4.78, 5) is 15.1. The van der Waals surface area contributed by atoms with Crippen LogP contribution in [0.25, 0.3) is 5.65 Å². The summed E-state index contributed by atoms with van der Waals surface area (Å²) >= 11 is 0. The monoisotopic (exact) mass is 313 g/mol. The van der Waals surface area contributed by atoms with Crippen LogP contribution in [0.4, 0.5) is 5.69 Å². The first-order chi connectivity index (χ1) is 11.1. The van der Waals surface area contributed by atoms with Crippen LogP contribution in [0.3, 0.4) is 0 Å². The van der Waals surface area contributed by atoms with Crippen LogP contribution in [0, 0.1) is 17.0 Å². The molecule has 2 aromatic heterocycles. The van der Waals surface area contributed by atoms with Gasteiger partial charge in [0.2, 0.25) is 0 Å². The first-order valence-electron chi connectivity index (χ1n) is 6.96. The smallest absolute Gasteiger partial charge is 0.314 e. The number of ether oxygens (including phenoxy) is 2. The van der Waals surface area contributed by atoms with Crippen LogP contribution in [-0.4, -0.2) is 21.4 Å². The first-order valence-corrected chi connectivity index (χ1v) is 6.96. The lowest BCUT2D eigenvalue weighted by Crippen LogP contribution is -2.00. The normalized spacial score (nSPS) is 10.7. The fraction of sp³-hybridized carbons (Fsp3) is 0.188. The zero-order chi connectivity index (χ0) is 16.4. The summed E-state index contributed by atoms with van der Waals surface area (Å²) < 4.78 is 12.5.